The minimum atomic E-state index is -0.905. The molecule has 0 bridgehead atoms. The Bertz CT molecular complexity index is 282. The van der Waals surface area contributed by atoms with E-state index in [2.05, 4.69) is 10.2 Å². The second kappa shape index (κ2) is 7.92. The molecule has 6 heteroatoms. The lowest BCUT2D eigenvalue weighted by Crippen LogP contribution is -2.46. The fourth-order valence-electron chi connectivity index (χ4n) is 1.37. The van der Waals surface area contributed by atoms with E-state index < -0.39 is 11.9 Å². The molecule has 6 nitrogen and oxygen atoms in total. The van der Waals surface area contributed by atoms with E-state index in [1.807, 2.05) is 14.1 Å². The molecule has 2 unspecified atom stereocenters. The average Bonchev–Trinajstić information content (AvgIpc) is 2.26. The van der Waals surface area contributed by atoms with Crippen LogP contribution in [-0.2, 0) is 4.79 Å². The molecule has 2 atom stereocenters. The number of nitrogens with zero attached hydrogens (tertiary/aromatic N) is 2. The first-order valence-electron chi connectivity index (χ1n) is 6.14. The maximum absolute atomic E-state index is 11.8. The van der Waals surface area contributed by atoms with E-state index in [-0.39, 0.29) is 12.1 Å². The molecule has 0 aromatic heterocycles. The van der Waals surface area contributed by atoms with Gasteiger partial charge in [-0.2, -0.15) is 0 Å². The smallest absolute Gasteiger partial charge is 0.317 e. The summed E-state index contributed by atoms with van der Waals surface area (Å²) in [4.78, 5) is 26.2. The van der Waals surface area contributed by atoms with Crippen molar-refractivity contribution in [2.45, 2.75) is 26.3 Å². The molecule has 0 aliphatic carbocycles. The Labute approximate surface area is 109 Å². The number of carboxylic acids is 1. The molecule has 0 saturated heterocycles. The maximum atomic E-state index is 11.8. The van der Waals surface area contributed by atoms with E-state index in [1.54, 1.807) is 25.8 Å². The number of amides is 2. The predicted octanol–water partition coefficient (Wildman–Crippen LogP) is 0.689. The van der Waals surface area contributed by atoms with E-state index in [1.165, 1.54) is 0 Å². The lowest BCUT2D eigenvalue weighted by molar-refractivity contribution is -0.141. The number of carbonyl (C=O) groups is 2. The minimum Gasteiger partial charge on any atom is -0.481 e. The van der Waals surface area contributed by atoms with Crippen molar-refractivity contribution in [1.29, 1.82) is 0 Å². The number of carboxylic acid groups (broad SMARTS) is 1. The van der Waals surface area contributed by atoms with E-state index in [4.69, 9.17) is 5.11 Å². The highest BCUT2D eigenvalue weighted by Gasteiger charge is 2.22. The van der Waals surface area contributed by atoms with Gasteiger partial charge in [-0.25, -0.2) is 4.79 Å². The molecule has 2 amide bonds. The Morgan fingerprint density at radius 1 is 1.17 bits per heavy atom. The standard InChI is InChI=1S/C12H25N3O3/c1-9(11(16)17)10(2)13-12(18)15(5)8-6-7-14(3)4/h9-10H,6-8H2,1-5H3,(H,13,18)(H,16,17). The van der Waals surface area contributed by atoms with Crippen LogP contribution >= 0.6 is 0 Å². The Hall–Kier alpha value is -1.30. The van der Waals surface area contributed by atoms with Crippen LogP contribution in [0.5, 0.6) is 0 Å². The Morgan fingerprint density at radius 3 is 2.17 bits per heavy atom. The van der Waals surface area contributed by atoms with Crippen molar-refractivity contribution in [1.82, 2.24) is 15.1 Å². The first kappa shape index (κ1) is 16.7. The van der Waals surface area contributed by atoms with Crippen molar-refractivity contribution in [2.24, 2.45) is 5.92 Å². The summed E-state index contributed by atoms with van der Waals surface area (Å²) in [6.45, 7) is 4.85. The third kappa shape index (κ3) is 6.44. The summed E-state index contributed by atoms with van der Waals surface area (Å²) in [6, 6.07) is -0.611. The lowest BCUT2D eigenvalue weighted by atomic mass is 10.0. The number of aliphatic carboxylic acids is 1. The normalized spacial score (nSPS) is 14.1. The molecular formula is C12H25N3O3. The summed E-state index contributed by atoms with van der Waals surface area (Å²) in [5, 5.41) is 11.5. The highest BCUT2D eigenvalue weighted by atomic mass is 16.4. The van der Waals surface area contributed by atoms with E-state index in [0.29, 0.717) is 6.54 Å². The molecule has 18 heavy (non-hydrogen) atoms. The fraction of sp³-hybridized carbons (Fsp3) is 0.833. The topological polar surface area (TPSA) is 72.9 Å². The first-order chi connectivity index (χ1) is 8.25. The van der Waals surface area contributed by atoms with Crippen LogP contribution in [0.15, 0.2) is 0 Å². The van der Waals surface area contributed by atoms with Gasteiger partial charge in [0.1, 0.15) is 0 Å². The van der Waals surface area contributed by atoms with Gasteiger partial charge in [-0.1, -0.05) is 0 Å². The molecule has 106 valence electrons. The summed E-state index contributed by atoms with van der Waals surface area (Å²) >= 11 is 0. The summed E-state index contributed by atoms with van der Waals surface area (Å²) in [5.74, 6) is -1.50. The molecule has 0 rings (SSSR count). The van der Waals surface area contributed by atoms with Crippen LogP contribution in [0, 0.1) is 5.92 Å². The Morgan fingerprint density at radius 2 is 1.72 bits per heavy atom. The van der Waals surface area contributed by atoms with Crippen molar-refractivity contribution >= 4 is 12.0 Å². The van der Waals surface area contributed by atoms with Crippen molar-refractivity contribution in [3.8, 4) is 0 Å². The number of urea groups is 1. The monoisotopic (exact) mass is 259 g/mol. The fourth-order valence-corrected chi connectivity index (χ4v) is 1.37. The minimum absolute atomic E-state index is 0.227. The van der Waals surface area contributed by atoms with Gasteiger partial charge in [0.25, 0.3) is 0 Å². The molecule has 0 radical (unpaired) electrons. The number of carbonyl (C=O) groups excluding carboxylic acids is 1. The quantitative estimate of drug-likeness (QED) is 0.705. The van der Waals surface area contributed by atoms with Gasteiger partial charge in [0.05, 0.1) is 5.92 Å². The van der Waals surface area contributed by atoms with Crippen molar-refractivity contribution in [3.05, 3.63) is 0 Å². The van der Waals surface area contributed by atoms with Gasteiger partial charge in [-0.05, 0) is 40.9 Å². The Balaban J connectivity index is 4.04. The molecule has 0 saturated carbocycles. The van der Waals surface area contributed by atoms with Crippen LogP contribution in [0.4, 0.5) is 4.79 Å². The second-order valence-electron chi connectivity index (χ2n) is 4.94. The van der Waals surface area contributed by atoms with Crippen molar-refractivity contribution in [2.75, 3.05) is 34.2 Å². The molecule has 0 aliphatic heterocycles. The first-order valence-corrected chi connectivity index (χ1v) is 6.14. The van der Waals surface area contributed by atoms with Gasteiger partial charge >= 0.3 is 12.0 Å². The molecule has 0 spiro atoms. The molecule has 0 aromatic carbocycles. The highest BCUT2D eigenvalue weighted by Crippen LogP contribution is 2.03. The van der Waals surface area contributed by atoms with Crippen molar-refractivity contribution < 1.29 is 14.7 Å². The third-order valence-electron chi connectivity index (χ3n) is 2.94. The molecule has 0 heterocycles. The van der Waals surface area contributed by atoms with Crippen LogP contribution in [0.2, 0.25) is 0 Å². The predicted molar refractivity (Wildman–Crippen MR) is 70.6 cm³/mol. The number of rotatable bonds is 7. The molecular weight excluding hydrogens is 234 g/mol. The lowest BCUT2D eigenvalue weighted by Gasteiger charge is -2.23. The highest BCUT2D eigenvalue weighted by molar-refractivity contribution is 5.76. The molecule has 0 aromatic rings. The number of hydrogen-bond acceptors (Lipinski definition) is 3. The van der Waals surface area contributed by atoms with E-state index >= 15 is 0 Å². The largest absolute Gasteiger partial charge is 0.481 e. The summed E-state index contributed by atoms with van der Waals surface area (Å²) < 4.78 is 0. The van der Waals surface area contributed by atoms with Gasteiger partial charge < -0.3 is 20.2 Å². The van der Waals surface area contributed by atoms with E-state index in [0.717, 1.165) is 13.0 Å². The number of hydrogen-bond donors (Lipinski definition) is 2. The third-order valence-corrected chi connectivity index (χ3v) is 2.94. The van der Waals surface area contributed by atoms with Crippen LogP contribution in [0.3, 0.4) is 0 Å². The van der Waals surface area contributed by atoms with Crippen LogP contribution in [-0.4, -0.2) is 67.2 Å². The van der Waals surface area contributed by atoms with Crippen LogP contribution < -0.4 is 5.32 Å². The zero-order valence-corrected chi connectivity index (χ0v) is 11.9. The van der Waals surface area contributed by atoms with Gasteiger partial charge in [0, 0.05) is 19.6 Å². The van der Waals surface area contributed by atoms with Gasteiger partial charge in [-0.15, -0.1) is 0 Å². The maximum Gasteiger partial charge on any atom is 0.317 e. The van der Waals surface area contributed by atoms with Crippen LogP contribution in [0.25, 0.3) is 0 Å². The SMILES string of the molecule is CC(NC(=O)N(C)CCCN(C)C)C(C)C(=O)O. The molecule has 0 fully saturated rings. The summed E-state index contributed by atoms with van der Waals surface area (Å²) in [5.41, 5.74) is 0. The zero-order valence-electron chi connectivity index (χ0n) is 11.9. The zero-order chi connectivity index (χ0) is 14.3. The Kier molecular flexibility index (Phi) is 7.35. The summed E-state index contributed by atoms with van der Waals surface area (Å²) in [6.07, 6.45) is 0.889. The second-order valence-corrected chi connectivity index (χ2v) is 4.94. The van der Waals surface area contributed by atoms with Gasteiger partial charge in [0.15, 0.2) is 0 Å². The average molecular weight is 259 g/mol. The van der Waals surface area contributed by atoms with Crippen LogP contribution in [0.1, 0.15) is 20.3 Å². The number of nitrogens with one attached hydrogen (secondary N) is 1. The van der Waals surface area contributed by atoms with Gasteiger partial charge in [0.2, 0.25) is 0 Å². The molecule has 2 N–H and O–H groups in total. The summed E-state index contributed by atoms with van der Waals surface area (Å²) in [7, 11) is 5.68. The van der Waals surface area contributed by atoms with E-state index in [9.17, 15) is 9.59 Å². The van der Waals surface area contributed by atoms with Crippen molar-refractivity contribution in [3.63, 3.8) is 0 Å². The molecule has 0 aliphatic rings. The van der Waals surface area contributed by atoms with Gasteiger partial charge in [-0.3, -0.25) is 4.79 Å².